The molecule has 0 aromatic heterocycles. The van der Waals surface area contributed by atoms with Crippen molar-refractivity contribution in [1.82, 2.24) is 16.0 Å². The van der Waals surface area contributed by atoms with Crippen LogP contribution in [0.2, 0.25) is 0 Å². The highest BCUT2D eigenvalue weighted by Crippen LogP contribution is 2.07. The minimum absolute atomic E-state index is 0.0522. The second kappa shape index (κ2) is 16.9. The molecular weight excluding hydrogens is 464 g/mol. The monoisotopic (exact) mass is 504 g/mol. The van der Waals surface area contributed by atoms with Crippen molar-refractivity contribution in [2.24, 2.45) is 33.8 Å². The molecule has 0 heterocycles. The molecule has 34 heavy (non-hydrogen) atoms. The first-order valence-corrected chi connectivity index (χ1v) is 11.8. The molecule has 196 valence electrons. The van der Waals surface area contributed by atoms with E-state index in [-0.39, 0.29) is 24.1 Å². The van der Waals surface area contributed by atoms with E-state index in [2.05, 4.69) is 33.6 Å². The lowest BCUT2D eigenvalue weighted by atomic mass is 10.0. The van der Waals surface area contributed by atoms with E-state index in [4.69, 9.17) is 22.9 Å². The molecule has 12 N–H and O–H groups in total. The molecule has 0 aromatic carbocycles. The number of aliphatic carboxylic acids is 1. The summed E-state index contributed by atoms with van der Waals surface area (Å²) in [6.45, 7) is 4.20. The maximum absolute atomic E-state index is 13.0. The molecule has 0 spiro atoms. The third kappa shape index (κ3) is 12.6. The van der Waals surface area contributed by atoms with Gasteiger partial charge in [-0.05, 0) is 44.6 Å². The molecule has 0 aliphatic rings. The van der Waals surface area contributed by atoms with E-state index in [1.807, 2.05) is 0 Å². The highest BCUT2D eigenvalue weighted by molar-refractivity contribution is 7.80. The van der Waals surface area contributed by atoms with Gasteiger partial charge in [0.15, 0.2) is 5.96 Å². The van der Waals surface area contributed by atoms with Crippen molar-refractivity contribution in [3.8, 4) is 0 Å². The van der Waals surface area contributed by atoms with Crippen molar-refractivity contribution < 1.29 is 24.3 Å². The van der Waals surface area contributed by atoms with Crippen LogP contribution in [0.15, 0.2) is 4.99 Å². The fourth-order valence-corrected chi connectivity index (χ4v) is 3.17. The summed E-state index contributed by atoms with van der Waals surface area (Å²) in [5.74, 6) is -3.48. The van der Waals surface area contributed by atoms with Gasteiger partial charge in [-0.25, -0.2) is 4.79 Å². The second-order valence-electron chi connectivity index (χ2n) is 8.21. The van der Waals surface area contributed by atoms with Crippen molar-refractivity contribution in [3.63, 3.8) is 0 Å². The first kappa shape index (κ1) is 31.4. The van der Waals surface area contributed by atoms with Crippen LogP contribution in [-0.2, 0) is 19.2 Å². The topological polar surface area (TPSA) is 241 Å². The zero-order chi connectivity index (χ0) is 26.3. The lowest BCUT2D eigenvalue weighted by Gasteiger charge is -2.27. The van der Waals surface area contributed by atoms with Gasteiger partial charge in [-0.2, -0.15) is 12.6 Å². The number of carboxylic acids is 1. The Hall–Kier alpha value is -2.58. The molecule has 0 rings (SSSR count). The average molecular weight is 505 g/mol. The van der Waals surface area contributed by atoms with E-state index < -0.39 is 47.9 Å². The predicted octanol–water partition coefficient (Wildman–Crippen LogP) is -2.38. The van der Waals surface area contributed by atoms with E-state index in [1.165, 1.54) is 0 Å². The lowest BCUT2D eigenvalue weighted by Crippen LogP contribution is -2.58. The minimum Gasteiger partial charge on any atom is -0.480 e. The molecule has 4 atom stereocenters. The summed E-state index contributed by atoms with van der Waals surface area (Å²) in [6, 6.07) is -4.05. The van der Waals surface area contributed by atoms with Gasteiger partial charge in [0.05, 0.1) is 6.04 Å². The number of thiol groups is 1. The van der Waals surface area contributed by atoms with Crippen LogP contribution in [0.5, 0.6) is 0 Å². The molecular formula is C20H40N8O5S. The van der Waals surface area contributed by atoms with E-state index in [0.717, 1.165) is 0 Å². The number of amides is 3. The summed E-state index contributed by atoms with van der Waals surface area (Å²) in [5, 5.41) is 16.8. The zero-order valence-corrected chi connectivity index (χ0v) is 20.7. The number of carboxylic acid groups (broad SMARTS) is 1. The molecule has 0 saturated heterocycles. The van der Waals surface area contributed by atoms with Crippen LogP contribution >= 0.6 is 12.6 Å². The quantitative estimate of drug-likeness (QED) is 0.0444. The number of nitrogens with zero attached hydrogens (tertiary/aromatic N) is 1. The molecule has 0 aliphatic carbocycles. The van der Waals surface area contributed by atoms with Crippen molar-refractivity contribution in [2.75, 3.05) is 18.8 Å². The fraction of sp³-hybridized carbons (Fsp3) is 0.750. The van der Waals surface area contributed by atoms with E-state index in [9.17, 15) is 24.3 Å². The zero-order valence-electron chi connectivity index (χ0n) is 19.8. The van der Waals surface area contributed by atoms with Gasteiger partial charge < -0.3 is 44.0 Å². The fourth-order valence-electron chi connectivity index (χ4n) is 2.93. The van der Waals surface area contributed by atoms with Crippen molar-refractivity contribution in [3.05, 3.63) is 0 Å². The van der Waals surface area contributed by atoms with Gasteiger partial charge in [-0.15, -0.1) is 0 Å². The predicted molar refractivity (Wildman–Crippen MR) is 133 cm³/mol. The third-order valence-corrected chi connectivity index (χ3v) is 5.29. The Labute approximate surface area is 205 Å². The summed E-state index contributed by atoms with van der Waals surface area (Å²) in [6.07, 6.45) is 2.18. The molecule has 0 saturated carbocycles. The van der Waals surface area contributed by atoms with Gasteiger partial charge in [0.2, 0.25) is 17.7 Å². The Morgan fingerprint density at radius 2 is 1.53 bits per heavy atom. The maximum atomic E-state index is 13.0. The average Bonchev–Trinajstić information content (AvgIpc) is 2.76. The normalized spacial score (nSPS) is 14.4. The van der Waals surface area contributed by atoms with Gasteiger partial charge >= 0.3 is 5.97 Å². The molecule has 4 unspecified atom stereocenters. The molecule has 13 nitrogen and oxygen atoms in total. The molecule has 0 fully saturated rings. The summed E-state index contributed by atoms with van der Waals surface area (Å²) < 4.78 is 0. The molecule has 0 radical (unpaired) electrons. The SMILES string of the molecule is CC(C)C(NC(=O)C(N)CCCN=C(N)N)C(=O)NC(CCCCN)C(=O)NC(CS)C(=O)O. The Kier molecular flexibility index (Phi) is 15.7. The number of aliphatic imine (C=N–C) groups is 1. The van der Waals surface area contributed by atoms with Gasteiger partial charge in [0.25, 0.3) is 0 Å². The number of nitrogens with one attached hydrogen (secondary N) is 3. The summed E-state index contributed by atoms with van der Waals surface area (Å²) >= 11 is 3.93. The number of carbonyl (C=O) groups excluding carboxylic acids is 3. The number of rotatable bonds is 17. The Morgan fingerprint density at radius 3 is 2.03 bits per heavy atom. The van der Waals surface area contributed by atoms with Gasteiger partial charge in [-0.3, -0.25) is 19.4 Å². The number of nitrogens with two attached hydrogens (primary N) is 4. The van der Waals surface area contributed by atoms with Crippen molar-refractivity contribution in [1.29, 1.82) is 0 Å². The van der Waals surface area contributed by atoms with Crippen LogP contribution < -0.4 is 38.9 Å². The molecule has 0 bridgehead atoms. The molecule has 0 aromatic rings. The standard InChI is InChI=1S/C20H40N8O5S/c1-11(2)15(28-16(29)12(22)6-5-9-25-20(23)24)18(31)26-13(7-3-4-8-21)17(30)27-14(10-34)19(32)33/h11-15,34H,3-10,21-22H2,1-2H3,(H,26,31)(H,27,30)(H,28,29)(H,32,33)(H4,23,24,25). The van der Waals surface area contributed by atoms with E-state index in [0.29, 0.717) is 38.8 Å². The van der Waals surface area contributed by atoms with Crippen molar-refractivity contribution in [2.45, 2.75) is 70.1 Å². The third-order valence-electron chi connectivity index (χ3n) is 4.93. The minimum atomic E-state index is -1.24. The number of hydrogen-bond acceptors (Lipinski definition) is 8. The van der Waals surface area contributed by atoms with Crippen LogP contribution in [0.25, 0.3) is 0 Å². The van der Waals surface area contributed by atoms with E-state index in [1.54, 1.807) is 13.8 Å². The van der Waals surface area contributed by atoms with Crippen LogP contribution in [0, 0.1) is 5.92 Å². The molecule has 3 amide bonds. The summed E-state index contributed by atoms with van der Waals surface area (Å²) in [5.41, 5.74) is 21.9. The van der Waals surface area contributed by atoms with Crippen LogP contribution in [0.3, 0.4) is 0 Å². The maximum Gasteiger partial charge on any atom is 0.327 e. The smallest absolute Gasteiger partial charge is 0.327 e. The van der Waals surface area contributed by atoms with Gasteiger partial charge in [-0.1, -0.05) is 13.8 Å². The number of guanidine groups is 1. The highest BCUT2D eigenvalue weighted by atomic mass is 32.1. The molecule has 14 heteroatoms. The molecule has 0 aliphatic heterocycles. The van der Waals surface area contributed by atoms with E-state index >= 15 is 0 Å². The summed E-state index contributed by atoms with van der Waals surface area (Å²) in [7, 11) is 0. The lowest BCUT2D eigenvalue weighted by molar-refractivity contribution is -0.141. The number of carbonyl (C=O) groups is 4. The largest absolute Gasteiger partial charge is 0.480 e. The number of hydrogen-bond donors (Lipinski definition) is 9. The highest BCUT2D eigenvalue weighted by Gasteiger charge is 2.31. The van der Waals surface area contributed by atoms with Gasteiger partial charge in [0.1, 0.15) is 18.1 Å². The van der Waals surface area contributed by atoms with Crippen LogP contribution in [0.1, 0.15) is 46.0 Å². The van der Waals surface area contributed by atoms with Gasteiger partial charge in [0, 0.05) is 12.3 Å². The van der Waals surface area contributed by atoms with Crippen LogP contribution in [0.4, 0.5) is 0 Å². The Morgan fingerprint density at radius 1 is 0.912 bits per heavy atom. The summed E-state index contributed by atoms with van der Waals surface area (Å²) in [4.78, 5) is 53.2. The Bertz CT molecular complexity index is 702. The van der Waals surface area contributed by atoms with Crippen molar-refractivity contribution >= 4 is 42.3 Å². The second-order valence-corrected chi connectivity index (χ2v) is 8.58. The first-order chi connectivity index (χ1) is 15.9. The first-order valence-electron chi connectivity index (χ1n) is 11.2. The van der Waals surface area contributed by atoms with Crippen LogP contribution in [-0.4, -0.2) is 77.8 Å². The number of unbranched alkanes of at least 4 members (excludes halogenated alkanes) is 1. The Balaban J connectivity index is 5.23.